The van der Waals surface area contributed by atoms with Crippen LogP contribution in [0.2, 0.25) is 23.2 Å². The van der Waals surface area contributed by atoms with Crippen molar-refractivity contribution in [3.63, 3.8) is 0 Å². The van der Waals surface area contributed by atoms with Crippen molar-refractivity contribution in [1.29, 1.82) is 0 Å². The quantitative estimate of drug-likeness (QED) is 0.280. The van der Waals surface area contributed by atoms with E-state index in [1.807, 2.05) is 43.3 Å². The van der Waals surface area contributed by atoms with Gasteiger partial charge >= 0.3 is 6.03 Å². The summed E-state index contributed by atoms with van der Waals surface area (Å²) in [5.74, 6) is 0. The van der Waals surface area contributed by atoms with E-state index in [1.54, 1.807) is 21.0 Å². The van der Waals surface area contributed by atoms with Crippen molar-refractivity contribution in [2.45, 2.75) is 114 Å². The number of urea groups is 1. The van der Waals surface area contributed by atoms with Gasteiger partial charge in [-0.25, -0.2) is 4.79 Å². The fraction of sp³-hybridized carbons (Fsp3) is 0.618. The van der Waals surface area contributed by atoms with Crippen molar-refractivity contribution in [1.82, 2.24) is 10.2 Å². The van der Waals surface area contributed by atoms with Gasteiger partial charge in [-0.1, -0.05) is 102 Å². The van der Waals surface area contributed by atoms with Gasteiger partial charge < -0.3 is 34.6 Å². The van der Waals surface area contributed by atoms with Crippen LogP contribution in [0.15, 0.2) is 60.7 Å². The summed E-state index contributed by atoms with van der Waals surface area (Å²) >= 11 is 0. The molecule has 2 aliphatic rings. The molecule has 1 heterocycles. The van der Waals surface area contributed by atoms with Crippen LogP contribution in [0, 0.1) is 0 Å². The smallest absolute Gasteiger partial charge is 0.317 e. The van der Waals surface area contributed by atoms with E-state index < -0.39 is 51.6 Å². The molecule has 244 valence electrons. The number of carbonyl (C=O) groups is 1. The van der Waals surface area contributed by atoms with E-state index in [0.29, 0.717) is 0 Å². The first-order valence-electron chi connectivity index (χ1n) is 15.7. The number of carbonyl (C=O) groups excluding carboxylic acids is 1. The van der Waals surface area contributed by atoms with E-state index in [-0.39, 0.29) is 22.7 Å². The first kappa shape index (κ1) is 34.8. The summed E-state index contributed by atoms with van der Waals surface area (Å²) in [5, 5.41) is 17.9. The van der Waals surface area contributed by atoms with Gasteiger partial charge in [0, 0.05) is 14.1 Å². The first-order valence-corrected chi connectivity index (χ1v) is 20.5. The summed E-state index contributed by atoms with van der Waals surface area (Å²) in [6.45, 7) is 21.3. The van der Waals surface area contributed by atoms with Crippen LogP contribution >= 0.6 is 0 Å². The summed E-state index contributed by atoms with van der Waals surface area (Å²) < 4.78 is 20.6. The van der Waals surface area contributed by atoms with Gasteiger partial charge in [-0.05, 0) is 47.4 Å². The number of rotatable bonds is 9. The molecule has 0 spiro atoms. The number of hydrogen-bond donors (Lipinski definition) is 3. The van der Waals surface area contributed by atoms with E-state index in [0.717, 1.165) is 10.4 Å². The Hall–Kier alpha value is -2.06. The number of amides is 2. The Balaban J connectivity index is 1.82. The van der Waals surface area contributed by atoms with E-state index in [1.165, 1.54) is 4.90 Å². The molecule has 10 heteroatoms. The van der Waals surface area contributed by atoms with E-state index in [2.05, 4.69) is 84.2 Å². The second kappa shape index (κ2) is 11.3. The Bertz CT molecular complexity index is 1290. The Morgan fingerprint density at radius 2 is 1.48 bits per heavy atom. The van der Waals surface area contributed by atoms with Crippen LogP contribution in [0.3, 0.4) is 0 Å². The summed E-state index contributed by atoms with van der Waals surface area (Å²) in [6, 6.07) is 19.7. The lowest BCUT2D eigenvalue weighted by Gasteiger charge is -2.53. The minimum atomic E-state index is -2.96. The van der Waals surface area contributed by atoms with Crippen LogP contribution in [0.5, 0.6) is 0 Å². The molecule has 0 unspecified atom stereocenters. The number of epoxide rings is 1. The van der Waals surface area contributed by atoms with Crippen molar-refractivity contribution in [2.75, 3.05) is 20.7 Å². The zero-order valence-corrected chi connectivity index (χ0v) is 30.8. The number of nitrogens with two attached hydrogens (primary N) is 1. The largest absolute Gasteiger partial charge is 0.412 e. The Morgan fingerprint density at radius 3 is 1.89 bits per heavy atom. The van der Waals surface area contributed by atoms with Crippen molar-refractivity contribution in [3.8, 4) is 0 Å². The normalized spacial score (nSPS) is 29.6. The molecule has 0 bridgehead atoms. The topological polar surface area (TPSA) is 110 Å². The lowest BCUT2D eigenvalue weighted by atomic mass is 9.73. The highest BCUT2D eigenvalue weighted by Gasteiger charge is 2.86. The Morgan fingerprint density at radius 1 is 1.00 bits per heavy atom. The lowest BCUT2D eigenvalue weighted by Crippen LogP contribution is -2.78. The third-order valence-electron chi connectivity index (χ3n) is 10.8. The van der Waals surface area contributed by atoms with E-state index in [4.69, 9.17) is 19.3 Å². The number of fused-ring (bicyclic) bond motifs is 1. The Kier molecular flexibility index (Phi) is 8.96. The maximum atomic E-state index is 13.4. The van der Waals surface area contributed by atoms with E-state index in [9.17, 15) is 9.90 Å². The van der Waals surface area contributed by atoms with Gasteiger partial charge in [0.25, 0.3) is 8.32 Å². The van der Waals surface area contributed by atoms with Gasteiger partial charge in [-0.15, -0.1) is 0 Å². The SMILES string of the molecule is C[C@H](O[Si](C)(C)C(C)(C)C)[C@]1(NC(=O)N(C)C)[C@@H](N)[C@H]2O[C@@]2(CO[Si](c2ccccc2)(c2ccccc2)C(C)(C)C)[C@]1(C)O. The summed E-state index contributed by atoms with van der Waals surface area (Å²) in [6.07, 6.45) is -1.15. The fourth-order valence-corrected chi connectivity index (χ4v) is 13.1. The molecular formula is C34H55N3O5Si2. The standard InChI is InChI=1S/C34H55N3O5Si2/c1-24(42-43(11,12)30(2,3)4)34(36-29(38)37(9)10)27(35)28-33(41-28,32(34,8)39)23-40-44(31(5,6)7,25-19-15-13-16-20-25)26-21-17-14-18-22-26/h13-22,24,27-28,39H,23,35H2,1-12H3,(H,36,38)/t24-,27-,28+,32-,33+,34-/m0/s1. The van der Waals surface area contributed by atoms with Crippen molar-refractivity contribution >= 4 is 33.0 Å². The third-order valence-corrected chi connectivity index (χ3v) is 20.3. The minimum Gasteiger partial charge on any atom is -0.412 e. The number of nitrogens with one attached hydrogen (secondary N) is 1. The van der Waals surface area contributed by atoms with Gasteiger partial charge in [0.15, 0.2) is 8.32 Å². The summed E-state index contributed by atoms with van der Waals surface area (Å²) in [7, 11) is -1.95. The molecule has 2 amide bonds. The molecule has 1 aliphatic carbocycles. The zero-order valence-electron chi connectivity index (χ0n) is 28.8. The number of nitrogens with zero attached hydrogens (tertiary/aromatic N) is 1. The lowest BCUT2D eigenvalue weighted by molar-refractivity contribution is -0.137. The van der Waals surface area contributed by atoms with Gasteiger partial charge in [0.1, 0.15) is 22.8 Å². The number of hydrogen-bond acceptors (Lipinski definition) is 6. The molecule has 0 aromatic heterocycles. The van der Waals surface area contributed by atoms with Crippen LogP contribution in [0.1, 0.15) is 55.4 Å². The molecule has 1 aliphatic heterocycles. The van der Waals surface area contributed by atoms with Crippen LogP contribution in [0.4, 0.5) is 4.79 Å². The molecule has 2 aromatic carbocycles. The number of aliphatic hydroxyl groups is 1. The maximum absolute atomic E-state index is 13.4. The number of benzene rings is 2. The predicted octanol–water partition coefficient (Wildman–Crippen LogP) is 4.21. The number of ether oxygens (including phenoxy) is 1. The first-order chi connectivity index (χ1) is 20.1. The van der Waals surface area contributed by atoms with Crippen molar-refractivity contribution < 1.29 is 23.5 Å². The van der Waals surface area contributed by atoms with Gasteiger partial charge in [-0.3, -0.25) is 0 Å². The van der Waals surface area contributed by atoms with Crippen LogP contribution in [0.25, 0.3) is 0 Å². The highest BCUT2D eigenvalue weighted by molar-refractivity contribution is 6.99. The molecule has 4 N–H and O–H groups in total. The maximum Gasteiger partial charge on any atom is 0.317 e. The molecule has 1 saturated heterocycles. The average molecular weight is 642 g/mol. The second-order valence-corrected chi connectivity index (χ2v) is 24.8. The minimum absolute atomic E-state index is 0.0912. The molecule has 4 rings (SSSR count). The highest BCUT2D eigenvalue weighted by Crippen LogP contribution is 2.62. The van der Waals surface area contributed by atoms with Crippen molar-refractivity contribution in [3.05, 3.63) is 60.7 Å². The van der Waals surface area contributed by atoms with Crippen LogP contribution < -0.4 is 21.4 Å². The van der Waals surface area contributed by atoms with Gasteiger partial charge in [-0.2, -0.15) is 0 Å². The Labute approximate surface area is 266 Å². The highest BCUT2D eigenvalue weighted by atomic mass is 28.4. The van der Waals surface area contributed by atoms with Gasteiger partial charge in [0.05, 0.1) is 18.8 Å². The second-order valence-electron chi connectivity index (χ2n) is 15.7. The third kappa shape index (κ3) is 5.20. The van der Waals surface area contributed by atoms with Crippen molar-refractivity contribution in [2.24, 2.45) is 5.73 Å². The van der Waals surface area contributed by atoms with Crippen LogP contribution in [-0.4, -0.2) is 88.4 Å². The average Bonchev–Trinajstić information content (AvgIpc) is 3.64. The zero-order chi connectivity index (χ0) is 33.1. The molecule has 2 fully saturated rings. The van der Waals surface area contributed by atoms with Crippen LogP contribution in [-0.2, 0) is 13.6 Å². The molecule has 44 heavy (non-hydrogen) atoms. The van der Waals surface area contributed by atoms with Gasteiger partial charge in [0.2, 0.25) is 0 Å². The monoisotopic (exact) mass is 641 g/mol. The molecule has 8 nitrogen and oxygen atoms in total. The molecule has 0 radical (unpaired) electrons. The summed E-state index contributed by atoms with van der Waals surface area (Å²) in [5.41, 5.74) is 2.93. The molecule has 6 atom stereocenters. The molecule has 1 saturated carbocycles. The van der Waals surface area contributed by atoms with E-state index >= 15 is 0 Å². The summed E-state index contributed by atoms with van der Waals surface area (Å²) in [4.78, 5) is 14.8. The predicted molar refractivity (Wildman–Crippen MR) is 182 cm³/mol. The molecular weight excluding hydrogens is 587 g/mol. The molecule has 2 aromatic rings. The fourth-order valence-electron chi connectivity index (χ4n) is 7.07.